The highest BCUT2D eigenvalue weighted by molar-refractivity contribution is 6.28. The lowest BCUT2D eigenvalue weighted by Gasteiger charge is -2.46. The van der Waals surface area contributed by atoms with Crippen LogP contribution in [0.4, 0.5) is 10.1 Å². The number of hydrogen-bond donors (Lipinski definition) is 5. The summed E-state index contributed by atoms with van der Waals surface area (Å²) < 4.78 is 16.2. The van der Waals surface area contributed by atoms with Gasteiger partial charge in [0.15, 0.2) is 17.3 Å². The van der Waals surface area contributed by atoms with Crippen molar-refractivity contribution in [1.29, 1.82) is 0 Å². The molecule has 1 aromatic rings. The van der Waals surface area contributed by atoms with Crippen LogP contribution in [0, 0.1) is 29.5 Å². The Morgan fingerprint density at radius 1 is 1.12 bits per heavy atom. The SMILES string of the molecule is CC(C)[C@@H]1C(=O)Nc2c(O)c3c(c(F)c2CN1C)C[C@H]1CC2C(C(=O)C(C(N)=O)=C(O)[C@H]2N(C)C)C(=O)C1=C3O. The van der Waals surface area contributed by atoms with Gasteiger partial charge in [-0.05, 0) is 51.7 Å². The van der Waals surface area contributed by atoms with Crippen molar-refractivity contribution in [1.82, 2.24) is 9.80 Å². The van der Waals surface area contributed by atoms with Crippen LogP contribution in [0.2, 0.25) is 0 Å². The van der Waals surface area contributed by atoms with Crippen LogP contribution < -0.4 is 11.1 Å². The van der Waals surface area contributed by atoms with Crippen LogP contribution in [-0.4, -0.2) is 81.7 Å². The van der Waals surface area contributed by atoms with Gasteiger partial charge in [-0.15, -0.1) is 0 Å². The molecule has 1 heterocycles. The minimum absolute atomic E-state index is 0.000485. The molecule has 1 fully saturated rings. The van der Waals surface area contributed by atoms with E-state index in [0.29, 0.717) is 0 Å². The Labute approximate surface area is 230 Å². The number of fused-ring (bicyclic) bond motifs is 4. The second kappa shape index (κ2) is 9.41. The van der Waals surface area contributed by atoms with E-state index in [1.165, 1.54) is 0 Å². The summed E-state index contributed by atoms with van der Waals surface area (Å²) in [5.74, 6) is -8.80. The molecule has 2 unspecified atom stereocenters. The summed E-state index contributed by atoms with van der Waals surface area (Å²) in [6.45, 7) is 3.71. The largest absolute Gasteiger partial charge is 0.510 e. The van der Waals surface area contributed by atoms with Gasteiger partial charge in [-0.3, -0.25) is 29.0 Å². The van der Waals surface area contributed by atoms with Crippen molar-refractivity contribution in [3.05, 3.63) is 39.4 Å². The highest BCUT2D eigenvalue weighted by atomic mass is 19.1. The summed E-state index contributed by atoms with van der Waals surface area (Å²) in [5.41, 5.74) is 4.16. The fraction of sp³-hybridized carbons (Fsp3) is 0.500. The first-order valence-electron chi connectivity index (χ1n) is 13.2. The molecular weight excluding hydrogens is 523 g/mol. The number of primary amides is 1. The number of benzene rings is 1. The van der Waals surface area contributed by atoms with E-state index in [4.69, 9.17) is 5.73 Å². The number of aliphatic hydroxyl groups excluding tert-OH is 2. The number of ketones is 2. The summed E-state index contributed by atoms with van der Waals surface area (Å²) in [6.07, 6.45) is 0.0480. The van der Waals surface area contributed by atoms with E-state index < -0.39 is 81.9 Å². The van der Waals surface area contributed by atoms with E-state index in [-0.39, 0.29) is 53.3 Å². The molecule has 4 aliphatic rings. The Morgan fingerprint density at radius 2 is 1.77 bits per heavy atom. The third-order valence-electron chi connectivity index (χ3n) is 8.79. The average molecular weight is 557 g/mol. The monoisotopic (exact) mass is 556 g/mol. The number of aromatic hydroxyl groups is 1. The Balaban J connectivity index is 1.67. The maximum Gasteiger partial charge on any atom is 0.255 e. The van der Waals surface area contributed by atoms with E-state index in [1.807, 2.05) is 13.8 Å². The molecule has 6 N–H and O–H groups in total. The number of phenolic OH excluding ortho intramolecular Hbond substituents is 1. The molecule has 0 aromatic heterocycles. The van der Waals surface area contributed by atoms with Crippen LogP contribution in [0.3, 0.4) is 0 Å². The van der Waals surface area contributed by atoms with Gasteiger partial charge in [-0.1, -0.05) is 13.8 Å². The Hall–Kier alpha value is -3.77. The number of nitrogens with two attached hydrogens (primary N) is 1. The van der Waals surface area contributed by atoms with Crippen LogP contribution in [-0.2, 0) is 32.1 Å². The molecule has 2 amide bonds. The maximum absolute atomic E-state index is 16.2. The van der Waals surface area contributed by atoms with Crippen molar-refractivity contribution in [3.63, 3.8) is 0 Å². The lowest BCUT2D eigenvalue weighted by Crippen LogP contribution is -2.55. The number of Topliss-reactive ketones (excluding diaryl/α,β-unsaturated/α-hetero) is 2. The molecule has 1 aliphatic heterocycles. The highest BCUT2D eigenvalue weighted by Crippen LogP contribution is 2.52. The summed E-state index contributed by atoms with van der Waals surface area (Å²) in [6, 6.07) is -1.49. The summed E-state index contributed by atoms with van der Waals surface area (Å²) in [4.78, 5) is 55.5. The van der Waals surface area contributed by atoms with Crippen molar-refractivity contribution < 1.29 is 38.9 Å². The number of allylic oxidation sites excluding steroid dienone is 1. The summed E-state index contributed by atoms with van der Waals surface area (Å²) >= 11 is 0. The molecule has 1 saturated carbocycles. The fourth-order valence-electron chi connectivity index (χ4n) is 7.25. The number of nitrogens with zero attached hydrogens (tertiary/aromatic N) is 2. The van der Waals surface area contributed by atoms with Gasteiger partial charge in [-0.25, -0.2) is 4.39 Å². The van der Waals surface area contributed by atoms with Gasteiger partial charge in [0.05, 0.1) is 29.3 Å². The van der Waals surface area contributed by atoms with Crippen molar-refractivity contribution in [3.8, 4) is 5.75 Å². The fourth-order valence-corrected chi connectivity index (χ4v) is 7.25. The molecule has 0 saturated heterocycles. The van der Waals surface area contributed by atoms with E-state index in [9.17, 15) is 34.5 Å². The zero-order valence-electron chi connectivity index (χ0n) is 22.9. The Morgan fingerprint density at radius 3 is 2.35 bits per heavy atom. The van der Waals surface area contributed by atoms with Crippen molar-refractivity contribution in [2.24, 2.45) is 29.4 Å². The molecule has 40 heavy (non-hydrogen) atoms. The van der Waals surface area contributed by atoms with Crippen molar-refractivity contribution >= 4 is 34.8 Å². The van der Waals surface area contributed by atoms with Crippen LogP contribution in [0.5, 0.6) is 5.75 Å². The first-order chi connectivity index (χ1) is 18.7. The molecule has 214 valence electrons. The van der Waals surface area contributed by atoms with Crippen LogP contribution in [0.1, 0.15) is 37.0 Å². The number of carbonyl (C=O) groups is 4. The minimum atomic E-state index is -1.41. The number of aliphatic hydroxyl groups is 2. The van der Waals surface area contributed by atoms with E-state index in [2.05, 4.69) is 5.32 Å². The highest BCUT2D eigenvalue weighted by Gasteiger charge is 2.56. The predicted octanol–water partition coefficient (Wildman–Crippen LogP) is 1.40. The number of phenols is 1. The van der Waals surface area contributed by atoms with Gasteiger partial charge in [0, 0.05) is 23.2 Å². The molecule has 0 radical (unpaired) electrons. The number of likely N-dealkylation sites (N-methyl/N-ethyl adjacent to an activating group) is 2. The lowest BCUT2D eigenvalue weighted by atomic mass is 9.59. The molecule has 3 aliphatic carbocycles. The van der Waals surface area contributed by atoms with Crippen LogP contribution in [0.25, 0.3) is 5.76 Å². The van der Waals surface area contributed by atoms with E-state index >= 15 is 4.39 Å². The third-order valence-corrected chi connectivity index (χ3v) is 8.79. The van der Waals surface area contributed by atoms with Crippen molar-refractivity contribution in [2.45, 2.75) is 45.3 Å². The molecular formula is C28H33FN4O7. The average Bonchev–Trinajstić information content (AvgIpc) is 2.96. The number of amides is 2. The molecule has 1 aromatic carbocycles. The topological polar surface area (TPSA) is 173 Å². The number of rotatable bonds is 3. The van der Waals surface area contributed by atoms with Gasteiger partial charge >= 0.3 is 0 Å². The zero-order valence-corrected chi connectivity index (χ0v) is 22.9. The normalized spacial score (nSPS) is 28.7. The molecule has 0 bridgehead atoms. The van der Waals surface area contributed by atoms with Gasteiger partial charge in [0.2, 0.25) is 5.91 Å². The molecule has 0 spiro atoms. The molecule has 11 nitrogen and oxygen atoms in total. The van der Waals surface area contributed by atoms with Crippen LogP contribution >= 0.6 is 0 Å². The second-order valence-corrected chi connectivity index (χ2v) is 11.8. The second-order valence-electron chi connectivity index (χ2n) is 11.8. The Kier molecular flexibility index (Phi) is 6.54. The van der Waals surface area contributed by atoms with Gasteiger partial charge in [-0.2, -0.15) is 0 Å². The molecule has 5 rings (SSSR count). The minimum Gasteiger partial charge on any atom is -0.510 e. The number of hydrogen-bond acceptors (Lipinski definition) is 9. The maximum atomic E-state index is 16.2. The van der Waals surface area contributed by atoms with Gasteiger partial charge in [0.25, 0.3) is 5.91 Å². The lowest BCUT2D eigenvalue weighted by molar-refractivity contribution is -0.137. The third kappa shape index (κ3) is 3.76. The van der Waals surface area contributed by atoms with Gasteiger partial charge < -0.3 is 26.4 Å². The molecule has 12 heteroatoms. The van der Waals surface area contributed by atoms with Gasteiger partial charge in [0.1, 0.15) is 22.9 Å². The first-order valence-corrected chi connectivity index (χ1v) is 13.2. The standard InChI is InChI=1S/C28H33FN4O7/c1-9(2)20-28(40)31-19-13(8-33(20)5)18(29)11-6-10-7-12-16(23(35)14(10)22(34)15(11)25(19)37)24(36)17(27(30)39)26(38)21(12)32(3)4/h9-10,12,16,20-21,34,37-38H,6-8H2,1-5H3,(H2,30,39)(H,31,40)/t10-,12?,16?,20+,21-/m0/s1. The predicted molar refractivity (Wildman–Crippen MR) is 141 cm³/mol. The quantitative estimate of drug-likeness (QED) is 0.209. The van der Waals surface area contributed by atoms with E-state index in [1.54, 1.807) is 30.9 Å². The number of anilines is 1. The molecule has 5 atom stereocenters. The smallest absolute Gasteiger partial charge is 0.255 e. The number of nitrogens with one attached hydrogen (secondary N) is 1. The van der Waals surface area contributed by atoms with E-state index in [0.717, 1.165) is 0 Å². The zero-order chi connectivity index (χ0) is 29.5. The number of carbonyl (C=O) groups excluding carboxylic acids is 4. The summed E-state index contributed by atoms with van der Waals surface area (Å²) in [5, 5.41) is 36.1. The summed E-state index contributed by atoms with van der Waals surface area (Å²) in [7, 11) is 4.93. The van der Waals surface area contributed by atoms with Crippen molar-refractivity contribution in [2.75, 3.05) is 26.5 Å². The first kappa shape index (κ1) is 27.8. The Bertz CT molecular complexity index is 1450. The van der Waals surface area contributed by atoms with Crippen LogP contribution in [0.15, 0.2) is 16.9 Å². The number of halogens is 1.